The van der Waals surface area contributed by atoms with Crippen molar-refractivity contribution in [1.82, 2.24) is 14.5 Å². The van der Waals surface area contributed by atoms with Crippen molar-refractivity contribution in [3.05, 3.63) is 113 Å². The third kappa shape index (κ3) is 5.90. The minimum absolute atomic E-state index is 0.0306. The number of nitrogens with zero attached hydrogens (tertiary/aromatic N) is 3. The Kier molecular flexibility index (Phi) is 8.36. The summed E-state index contributed by atoms with van der Waals surface area (Å²) in [5.74, 6) is 0.219. The summed E-state index contributed by atoms with van der Waals surface area (Å²) >= 11 is 0. The summed E-state index contributed by atoms with van der Waals surface area (Å²) in [4.78, 5) is 32.8. The van der Waals surface area contributed by atoms with E-state index in [-0.39, 0.29) is 17.4 Å². The largest absolute Gasteiger partial charge is 0.507 e. The lowest BCUT2D eigenvalue weighted by atomic mass is 9.94. The zero-order chi connectivity index (χ0) is 30.6. The molecule has 0 aliphatic carbocycles. The van der Waals surface area contributed by atoms with Crippen LogP contribution in [0.15, 0.2) is 91.0 Å². The van der Waals surface area contributed by atoms with Gasteiger partial charge in [0.1, 0.15) is 24.2 Å². The summed E-state index contributed by atoms with van der Waals surface area (Å²) in [7, 11) is 0. The second-order valence-electron chi connectivity index (χ2n) is 11.0. The summed E-state index contributed by atoms with van der Waals surface area (Å²) in [5.41, 5.74) is 3.12. The molecule has 44 heavy (non-hydrogen) atoms. The predicted octanol–water partition coefficient (Wildman–Crippen LogP) is 5.70. The van der Waals surface area contributed by atoms with Gasteiger partial charge in [-0.3, -0.25) is 9.59 Å². The van der Waals surface area contributed by atoms with Crippen molar-refractivity contribution in [2.24, 2.45) is 0 Å². The van der Waals surface area contributed by atoms with Gasteiger partial charge in [0.25, 0.3) is 11.7 Å². The monoisotopic (exact) mass is 593 g/mol. The molecule has 0 saturated carbocycles. The minimum atomic E-state index is -0.816. The number of likely N-dealkylation sites (tertiary alicyclic amines) is 1. The number of aliphatic hydroxyl groups excluding tert-OH is 1. The van der Waals surface area contributed by atoms with Gasteiger partial charge >= 0.3 is 0 Å². The molecular formula is C35H35N3O6. The normalized spacial score (nSPS) is 18.7. The number of aryl methyl sites for hydroxylation is 1. The van der Waals surface area contributed by atoms with Crippen molar-refractivity contribution in [3.8, 4) is 17.2 Å². The molecule has 1 N–H and O–H groups in total. The molecule has 9 heteroatoms. The molecule has 0 bridgehead atoms. The number of carbonyl (C=O) groups is 2. The summed E-state index contributed by atoms with van der Waals surface area (Å²) in [6.45, 7) is 5.54. The van der Waals surface area contributed by atoms with Crippen LogP contribution in [-0.2, 0) is 29.2 Å². The number of carbonyl (C=O) groups excluding carboxylic acids is 2. The molecule has 4 aromatic rings. The van der Waals surface area contributed by atoms with Crippen LogP contribution in [0, 0.1) is 0 Å². The van der Waals surface area contributed by atoms with Gasteiger partial charge in [-0.2, -0.15) is 0 Å². The van der Waals surface area contributed by atoms with Crippen molar-refractivity contribution in [2.45, 2.75) is 52.0 Å². The number of rotatable bonds is 11. The molecule has 2 aliphatic heterocycles. The Morgan fingerprint density at radius 2 is 1.86 bits per heavy atom. The maximum Gasteiger partial charge on any atom is 0.295 e. The van der Waals surface area contributed by atoms with Crippen LogP contribution in [-0.4, -0.2) is 50.5 Å². The molecule has 226 valence electrons. The van der Waals surface area contributed by atoms with E-state index < -0.39 is 17.7 Å². The zero-order valence-corrected chi connectivity index (χ0v) is 24.8. The highest BCUT2D eigenvalue weighted by Crippen LogP contribution is 2.43. The van der Waals surface area contributed by atoms with Crippen LogP contribution < -0.4 is 14.2 Å². The van der Waals surface area contributed by atoms with Gasteiger partial charge in [0, 0.05) is 37.5 Å². The lowest BCUT2D eigenvalue weighted by Gasteiger charge is -2.26. The smallest absolute Gasteiger partial charge is 0.295 e. The second-order valence-corrected chi connectivity index (χ2v) is 11.0. The van der Waals surface area contributed by atoms with E-state index in [2.05, 4.69) is 4.98 Å². The third-order valence-corrected chi connectivity index (χ3v) is 7.90. The SMILES string of the molecule is CCOc1cc([C@@H]2C(=C(O)c3ccc4c(c3)C[C@@H](C)O4)C(=O)C(=O)N2CCCn2ccnc2)ccc1OCc1ccccc1. The first-order valence-electron chi connectivity index (χ1n) is 14.9. The Bertz CT molecular complexity index is 1680. The molecule has 1 amide bonds. The van der Waals surface area contributed by atoms with Gasteiger partial charge in [-0.05, 0) is 67.3 Å². The number of hydrogen-bond acceptors (Lipinski definition) is 7. The molecule has 3 aromatic carbocycles. The molecular weight excluding hydrogens is 558 g/mol. The first-order valence-corrected chi connectivity index (χ1v) is 14.9. The van der Waals surface area contributed by atoms with E-state index in [9.17, 15) is 14.7 Å². The first kappa shape index (κ1) is 29.0. The number of aliphatic hydroxyl groups is 1. The molecule has 2 atom stereocenters. The van der Waals surface area contributed by atoms with Gasteiger partial charge in [-0.25, -0.2) is 4.98 Å². The van der Waals surface area contributed by atoms with Gasteiger partial charge in [0.15, 0.2) is 11.5 Å². The van der Waals surface area contributed by atoms with Crippen LogP contribution in [0.4, 0.5) is 0 Å². The van der Waals surface area contributed by atoms with Crippen molar-refractivity contribution >= 4 is 17.4 Å². The molecule has 6 rings (SSSR count). The van der Waals surface area contributed by atoms with E-state index in [1.807, 2.05) is 67.1 Å². The molecule has 1 fully saturated rings. The van der Waals surface area contributed by atoms with E-state index in [1.165, 1.54) is 0 Å². The number of hydrogen-bond donors (Lipinski definition) is 1. The summed E-state index contributed by atoms with van der Waals surface area (Å²) < 4.78 is 19.8. The van der Waals surface area contributed by atoms with Crippen LogP contribution in [0.3, 0.4) is 0 Å². The van der Waals surface area contributed by atoms with Crippen LogP contribution in [0.1, 0.15) is 48.6 Å². The van der Waals surface area contributed by atoms with Gasteiger partial charge in [-0.1, -0.05) is 36.4 Å². The highest BCUT2D eigenvalue weighted by Gasteiger charge is 2.46. The van der Waals surface area contributed by atoms with E-state index in [1.54, 1.807) is 41.7 Å². The van der Waals surface area contributed by atoms with Gasteiger partial charge in [0.05, 0.1) is 24.5 Å². The Hall–Kier alpha value is -5.05. The van der Waals surface area contributed by atoms with E-state index in [0.717, 1.165) is 16.9 Å². The maximum atomic E-state index is 13.6. The molecule has 1 saturated heterocycles. The Morgan fingerprint density at radius 3 is 2.64 bits per heavy atom. The molecule has 9 nitrogen and oxygen atoms in total. The Labute approximate surface area is 256 Å². The van der Waals surface area contributed by atoms with E-state index in [4.69, 9.17) is 14.2 Å². The van der Waals surface area contributed by atoms with Crippen molar-refractivity contribution in [1.29, 1.82) is 0 Å². The van der Waals surface area contributed by atoms with Crippen LogP contribution in [0.2, 0.25) is 0 Å². The number of benzene rings is 3. The first-order chi connectivity index (χ1) is 21.4. The minimum Gasteiger partial charge on any atom is -0.507 e. The number of fused-ring (bicyclic) bond motifs is 1. The van der Waals surface area contributed by atoms with Crippen LogP contribution in [0.5, 0.6) is 17.2 Å². The fraction of sp³-hybridized carbons (Fsp3) is 0.286. The topological polar surface area (TPSA) is 103 Å². The fourth-order valence-corrected chi connectivity index (χ4v) is 5.84. The fourth-order valence-electron chi connectivity index (χ4n) is 5.84. The average Bonchev–Trinajstić information content (AvgIpc) is 3.75. The van der Waals surface area contributed by atoms with Crippen molar-refractivity contribution in [2.75, 3.05) is 13.2 Å². The number of ether oxygens (including phenoxy) is 3. The third-order valence-electron chi connectivity index (χ3n) is 7.90. The van der Waals surface area contributed by atoms with Gasteiger partial charge in [0.2, 0.25) is 0 Å². The Morgan fingerprint density at radius 1 is 1.02 bits per heavy atom. The molecule has 0 unspecified atom stereocenters. The quantitative estimate of drug-likeness (QED) is 0.135. The van der Waals surface area contributed by atoms with Crippen LogP contribution >= 0.6 is 0 Å². The summed E-state index contributed by atoms with van der Waals surface area (Å²) in [5, 5.41) is 11.6. The zero-order valence-electron chi connectivity index (χ0n) is 24.8. The molecule has 3 heterocycles. The number of amides is 1. The maximum absolute atomic E-state index is 13.6. The predicted molar refractivity (Wildman–Crippen MR) is 164 cm³/mol. The Balaban J connectivity index is 1.37. The molecule has 1 aromatic heterocycles. The number of aromatic nitrogens is 2. The van der Waals surface area contributed by atoms with Gasteiger partial charge in [-0.15, -0.1) is 0 Å². The molecule has 2 aliphatic rings. The second kappa shape index (κ2) is 12.7. The number of ketones is 1. The highest BCUT2D eigenvalue weighted by atomic mass is 16.5. The van der Waals surface area contributed by atoms with Crippen molar-refractivity contribution in [3.63, 3.8) is 0 Å². The highest BCUT2D eigenvalue weighted by molar-refractivity contribution is 6.46. The lowest BCUT2D eigenvalue weighted by molar-refractivity contribution is -0.139. The molecule has 0 spiro atoms. The van der Waals surface area contributed by atoms with E-state index >= 15 is 0 Å². The molecule has 0 radical (unpaired) electrons. The van der Waals surface area contributed by atoms with Crippen LogP contribution in [0.25, 0.3) is 5.76 Å². The summed E-state index contributed by atoms with van der Waals surface area (Å²) in [6, 6.07) is 19.8. The number of imidazole rings is 1. The number of Topliss-reactive ketones (excluding diaryl/α,β-unsaturated/α-hetero) is 1. The van der Waals surface area contributed by atoms with Crippen molar-refractivity contribution < 1.29 is 28.9 Å². The standard InChI is InChI=1S/C35H35N3O6/c1-3-42-30-20-25(10-13-29(30)43-21-24-8-5-4-6-9-24)32-31(33(39)26-11-12-28-27(19-26)18-23(2)44-28)34(40)35(41)38(32)16-7-15-37-17-14-36-22-37/h4-6,8-14,17,19-20,22-23,32,39H,3,7,15-16,18,21H2,1-2H3/t23-,32-/m1/s1. The lowest BCUT2D eigenvalue weighted by Crippen LogP contribution is -2.31. The average molecular weight is 594 g/mol. The van der Waals surface area contributed by atoms with E-state index in [0.29, 0.717) is 61.8 Å². The van der Waals surface area contributed by atoms with Gasteiger partial charge < -0.3 is 28.8 Å². The summed E-state index contributed by atoms with van der Waals surface area (Å²) in [6.07, 6.45) is 6.59.